The Morgan fingerprint density at radius 2 is 2.11 bits per heavy atom. The number of hydrogen-bond donors (Lipinski definition) is 1. The van der Waals surface area contributed by atoms with Gasteiger partial charge in [0, 0.05) is 6.61 Å². The topological polar surface area (TPSA) is 20.2 Å². The Morgan fingerprint density at radius 3 is 2.67 bits per heavy atom. The summed E-state index contributed by atoms with van der Waals surface area (Å²) >= 11 is 0. The highest BCUT2D eigenvalue weighted by Gasteiger charge is 1.85. The molecule has 0 spiro atoms. The molecule has 0 bridgehead atoms. The fourth-order valence-electron chi connectivity index (χ4n) is 0.636. The van der Waals surface area contributed by atoms with E-state index in [2.05, 4.69) is 13.0 Å². The normalized spacial score (nSPS) is 9.44. The van der Waals surface area contributed by atoms with Crippen molar-refractivity contribution in [2.45, 2.75) is 25.7 Å². The summed E-state index contributed by atoms with van der Waals surface area (Å²) in [5.41, 5.74) is 0. The van der Waals surface area contributed by atoms with Gasteiger partial charge in [-0.05, 0) is 25.7 Å². The van der Waals surface area contributed by atoms with Crippen LogP contribution in [0.2, 0.25) is 0 Å². The van der Waals surface area contributed by atoms with E-state index in [1.165, 1.54) is 0 Å². The Morgan fingerprint density at radius 1 is 1.33 bits per heavy atom. The molecule has 0 aromatic carbocycles. The van der Waals surface area contributed by atoms with Crippen molar-refractivity contribution in [1.29, 1.82) is 0 Å². The average molecular weight is 127 g/mol. The first-order valence-electron chi connectivity index (χ1n) is 3.45. The second-order valence-corrected chi connectivity index (χ2v) is 2.03. The van der Waals surface area contributed by atoms with E-state index in [9.17, 15) is 0 Å². The van der Waals surface area contributed by atoms with Crippen LogP contribution < -0.4 is 0 Å². The summed E-state index contributed by atoms with van der Waals surface area (Å²) in [6.07, 6.45) is 8.19. The SMILES string of the molecule is C=CC[CH]CCCCO. The van der Waals surface area contributed by atoms with Crippen LogP contribution in [0.4, 0.5) is 0 Å². The summed E-state index contributed by atoms with van der Waals surface area (Å²) in [5.74, 6) is 0. The molecule has 1 heteroatoms. The van der Waals surface area contributed by atoms with E-state index < -0.39 is 0 Å². The van der Waals surface area contributed by atoms with Gasteiger partial charge in [-0.15, -0.1) is 6.58 Å². The van der Waals surface area contributed by atoms with Crippen LogP contribution in [0.25, 0.3) is 0 Å². The van der Waals surface area contributed by atoms with Gasteiger partial charge in [0.05, 0.1) is 0 Å². The minimum absolute atomic E-state index is 0.321. The fourth-order valence-corrected chi connectivity index (χ4v) is 0.636. The van der Waals surface area contributed by atoms with Crippen LogP contribution in [0.5, 0.6) is 0 Å². The van der Waals surface area contributed by atoms with Crippen molar-refractivity contribution in [1.82, 2.24) is 0 Å². The molecular weight excluding hydrogens is 112 g/mol. The molecule has 0 amide bonds. The van der Waals surface area contributed by atoms with Gasteiger partial charge in [-0.1, -0.05) is 12.5 Å². The molecule has 0 aliphatic carbocycles. The first-order chi connectivity index (χ1) is 4.41. The van der Waals surface area contributed by atoms with Gasteiger partial charge in [-0.2, -0.15) is 0 Å². The van der Waals surface area contributed by atoms with Crippen LogP contribution in [0.1, 0.15) is 25.7 Å². The number of aliphatic hydroxyl groups is 1. The third kappa shape index (κ3) is 7.70. The van der Waals surface area contributed by atoms with Gasteiger partial charge in [0.1, 0.15) is 0 Å². The van der Waals surface area contributed by atoms with E-state index >= 15 is 0 Å². The van der Waals surface area contributed by atoms with E-state index in [0.29, 0.717) is 6.61 Å². The summed E-state index contributed by atoms with van der Waals surface area (Å²) < 4.78 is 0. The van der Waals surface area contributed by atoms with Crippen molar-refractivity contribution < 1.29 is 5.11 Å². The minimum Gasteiger partial charge on any atom is -0.396 e. The van der Waals surface area contributed by atoms with Crippen LogP contribution >= 0.6 is 0 Å². The van der Waals surface area contributed by atoms with Crippen molar-refractivity contribution in [3.63, 3.8) is 0 Å². The Labute approximate surface area is 57.4 Å². The molecule has 0 aliphatic rings. The van der Waals surface area contributed by atoms with Crippen molar-refractivity contribution in [2.75, 3.05) is 6.61 Å². The van der Waals surface area contributed by atoms with Crippen molar-refractivity contribution in [2.24, 2.45) is 0 Å². The minimum atomic E-state index is 0.321. The van der Waals surface area contributed by atoms with Crippen LogP contribution in [0.3, 0.4) is 0 Å². The molecule has 53 valence electrons. The summed E-state index contributed by atoms with van der Waals surface area (Å²) in [6.45, 7) is 3.92. The van der Waals surface area contributed by atoms with Gasteiger partial charge in [0.25, 0.3) is 0 Å². The zero-order valence-corrected chi connectivity index (χ0v) is 5.84. The second-order valence-electron chi connectivity index (χ2n) is 2.03. The lowest BCUT2D eigenvalue weighted by Gasteiger charge is -1.93. The molecule has 0 heterocycles. The molecule has 1 nitrogen and oxygen atoms in total. The van der Waals surface area contributed by atoms with Crippen LogP contribution in [-0.4, -0.2) is 11.7 Å². The maximum absolute atomic E-state index is 8.39. The number of aliphatic hydroxyl groups excluding tert-OH is 1. The molecule has 1 N–H and O–H groups in total. The van der Waals surface area contributed by atoms with Crippen molar-refractivity contribution in [3.05, 3.63) is 19.1 Å². The van der Waals surface area contributed by atoms with Gasteiger partial charge >= 0.3 is 0 Å². The summed E-state index contributed by atoms with van der Waals surface area (Å²) in [4.78, 5) is 0. The number of hydrogen-bond acceptors (Lipinski definition) is 1. The lowest BCUT2D eigenvalue weighted by Crippen LogP contribution is -1.82. The maximum atomic E-state index is 8.39. The van der Waals surface area contributed by atoms with Gasteiger partial charge in [-0.3, -0.25) is 0 Å². The first-order valence-corrected chi connectivity index (χ1v) is 3.45. The molecular formula is C8H15O. The smallest absolute Gasteiger partial charge is 0.0431 e. The maximum Gasteiger partial charge on any atom is 0.0431 e. The number of rotatable bonds is 6. The molecule has 1 radical (unpaired) electrons. The molecule has 0 aromatic heterocycles. The van der Waals surface area contributed by atoms with Gasteiger partial charge in [0.2, 0.25) is 0 Å². The second kappa shape index (κ2) is 7.70. The largest absolute Gasteiger partial charge is 0.396 e. The Balaban J connectivity index is 2.66. The Bertz CT molecular complexity index is 59.6. The summed E-state index contributed by atoms with van der Waals surface area (Å²) in [7, 11) is 0. The molecule has 0 saturated carbocycles. The molecule has 0 rings (SSSR count). The summed E-state index contributed by atoms with van der Waals surface area (Å²) in [5, 5.41) is 8.39. The molecule has 0 atom stereocenters. The predicted octanol–water partition coefficient (Wildman–Crippen LogP) is 1.93. The van der Waals surface area contributed by atoms with E-state index in [0.717, 1.165) is 25.7 Å². The van der Waals surface area contributed by atoms with E-state index in [-0.39, 0.29) is 0 Å². The fraction of sp³-hybridized carbons (Fsp3) is 0.625. The van der Waals surface area contributed by atoms with E-state index in [4.69, 9.17) is 5.11 Å². The van der Waals surface area contributed by atoms with Gasteiger partial charge in [0.15, 0.2) is 0 Å². The molecule has 9 heavy (non-hydrogen) atoms. The third-order valence-electron chi connectivity index (χ3n) is 1.15. The summed E-state index contributed by atoms with van der Waals surface area (Å²) in [6, 6.07) is 0. The molecule has 0 fully saturated rings. The zero-order valence-electron chi connectivity index (χ0n) is 5.84. The van der Waals surface area contributed by atoms with E-state index in [1.54, 1.807) is 0 Å². The number of unbranched alkanes of at least 4 members (excludes halogenated alkanes) is 4. The Kier molecular flexibility index (Phi) is 7.44. The van der Waals surface area contributed by atoms with Crippen LogP contribution in [0.15, 0.2) is 12.7 Å². The predicted molar refractivity (Wildman–Crippen MR) is 40.1 cm³/mol. The van der Waals surface area contributed by atoms with Crippen molar-refractivity contribution >= 4 is 0 Å². The lowest BCUT2D eigenvalue weighted by molar-refractivity contribution is 0.284. The standard InChI is InChI=1S/C8H15O/c1-2-3-4-5-6-7-8-9/h2,4,9H,1,3,5-8H2. The average Bonchev–Trinajstić information content (AvgIpc) is 1.89. The quantitative estimate of drug-likeness (QED) is 0.427. The van der Waals surface area contributed by atoms with E-state index in [1.807, 2.05) is 6.08 Å². The molecule has 0 aliphatic heterocycles. The highest BCUT2D eigenvalue weighted by atomic mass is 16.2. The van der Waals surface area contributed by atoms with Crippen LogP contribution in [-0.2, 0) is 0 Å². The molecule has 0 saturated heterocycles. The highest BCUT2D eigenvalue weighted by Crippen LogP contribution is 2.00. The molecule has 0 aromatic rings. The van der Waals surface area contributed by atoms with Crippen LogP contribution in [0, 0.1) is 6.42 Å². The monoisotopic (exact) mass is 127 g/mol. The zero-order chi connectivity index (χ0) is 6.95. The third-order valence-corrected chi connectivity index (χ3v) is 1.15. The van der Waals surface area contributed by atoms with Crippen molar-refractivity contribution in [3.8, 4) is 0 Å². The number of allylic oxidation sites excluding steroid dienone is 1. The first kappa shape index (κ1) is 8.70. The lowest BCUT2D eigenvalue weighted by atomic mass is 10.1. The highest BCUT2D eigenvalue weighted by molar-refractivity contribution is 4.77. The van der Waals surface area contributed by atoms with Gasteiger partial charge in [-0.25, -0.2) is 0 Å². The van der Waals surface area contributed by atoms with Gasteiger partial charge < -0.3 is 5.11 Å². The molecule has 0 unspecified atom stereocenters. The Hall–Kier alpha value is -0.300.